The Hall–Kier alpha value is -0.840. The van der Waals surface area contributed by atoms with Crippen molar-refractivity contribution in [3.63, 3.8) is 0 Å². The second-order valence-corrected chi connectivity index (χ2v) is 6.80. The standard InChI is InChI=1S/C15H18FNS2/c1-2-13-6-7-15(19-13)9-12(17)10-18-14-5-3-4-11(16)8-14/h3-8,12H,2,9-10,17H2,1H3. The van der Waals surface area contributed by atoms with Crippen molar-refractivity contribution in [1.29, 1.82) is 0 Å². The summed E-state index contributed by atoms with van der Waals surface area (Å²) in [5.74, 6) is 0.618. The smallest absolute Gasteiger partial charge is 0.124 e. The number of aryl methyl sites for hydroxylation is 1. The predicted octanol–water partition coefficient (Wildman–Crippen LogP) is 4.11. The first-order valence-electron chi connectivity index (χ1n) is 6.39. The molecule has 2 aromatic rings. The molecule has 0 aliphatic carbocycles. The van der Waals surface area contributed by atoms with Crippen molar-refractivity contribution in [3.05, 3.63) is 52.0 Å². The zero-order valence-electron chi connectivity index (χ0n) is 10.9. The molecule has 102 valence electrons. The van der Waals surface area contributed by atoms with E-state index in [4.69, 9.17) is 5.73 Å². The maximum absolute atomic E-state index is 13.0. The van der Waals surface area contributed by atoms with Crippen LogP contribution in [0.25, 0.3) is 0 Å². The van der Waals surface area contributed by atoms with Crippen LogP contribution in [0.15, 0.2) is 41.3 Å². The molecule has 0 aliphatic rings. The quantitative estimate of drug-likeness (QED) is 0.812. The first-order chi connectivity index (χ1) is 9.17. The van der Waals surface area contributed by atoms with Gasteiger partial charge in [0, 0.05) is 26.4 Å². The Balaban J connectivity index is 1.82. The van der Waals surface area contributed by atoms with Crippen molar-refractivity contribution in [2.45, 2.75) is 30.7 Å². The molecule has 1 nitrogen and oxygen atoms in total. The van der Waals surface area contributed by atoms with Crippen molar-refractivity contribution in [1.82, 2.24) is 0 Å². The first-order valence-corrected chi connectivity index (χ1v) is 8.19. The Labute approximate surface area is 122 Å². The Kier molecular flexibility index (Phi) is 5.43. The van der Waals surface area contributed by atoms with Crippen LogP contribution in [0, 0.1) is 5.82 Å². The molecule has 2 rings (SSSR count). The molecule has 1 aromatic carbocycles. The summed E-state index contributed by atoms with van der Waals surface area (Å²) >= 11 is 3.45. The number of hydrogen-bond donors (Lipinski definition) is 1. The molecular formula is C15H18FNS2. The molecule has 1 aromatic heterocycles. The Bertz CT molecular complexity index is 524. The monoisotopic (exact) mass is 295 g/mol. The highest BCUT2D eigenvalue weighted by atomic mass is 32.2. The van der Waals surface area contributed by atoms with E-state index in [9.17, 15) is 4.39 Å². The third-order valence-corrected chi connectivity index (χ3v) is 5.22. The largest absolute Gasteiger partial charge is 0.327 e. The molecule has 0 spiro atoms. The van der Waals surface area contributed by atoms with Crippen LogP contribution in [0.4, 0.5) is 4.39 Å². The lowest BCUT2D eigenvalue weighted by molar-refractivity contribution is 0.624. The van der Waals surface area contributed by atoms with Gasteiger partial charge in [0.15, 0.2) is 0 Å². The van der Waals surface area contributed by atoms with Crippen molar-refractivity contribution >= 4 is 23.1 Å². The molecule has 2 N–H and O–H groups in total. The Morgan fingerprint density at radius 3 is 2.74 bits per heavy atom. The van der Waals surface area contributed by atoms with Gasteiger partial charge in [-0.3, -0.25) is 0 Å². The van der Waals surface area contributed by atoms with Crippen molar-refractivity contribution < 1.29 is 4.39 Å². The van der Waals surface area contributed by atoms with Crippen LogP contribution in [0.1, 0.15) is 16.7 Å². The molecule has 0 radical (unpaired) electrons. The summed E-state index contributed by atoms with van der Waals surface area (Å²) < 4.78 is 13.0. The number of thioether (sulfide) groups is 1. The number of hydrogen-bond acceptors (Lipinski definition) is 3. The van der Waals surface area contributed by atoms with E-state index >= 15 is 0 Å². The average Bonchev–Trinajstić information content (AvgIpc) is 2.84. The van der Waals surface area contributed by atoms with Crippen molar-refractivity contribution in [2.75, 3.05) is 5.75 Å². The number of thiophene rings is 1. The maximum Gasteiger partial charge on any atom is 0.124 e. The van der Waals surface area contributed by atoms with Gasteiger partial charge in [-0.05, 0) is 43.2 Å². The van der Waals surface area contributed by atoms with Crippen LogP contribution < -0.4 is 5.73 Å². The highest BCUT2D eigenvalue weighted by Crippen LogP contribution is 2.22. The van der Waals surface area contributed by atoms with Gasteiger partial charge in [0.1, 0.15) is 5.82 Å². The highest BCUT2D eigenvalue weighted by Gasteiger charge is 2.07. The fourth-order valence-electron chi connectivity index (χ4n) is 1.80. The van der Waals surface area contributed by atoms with Crippen LogP contribution in [0.3, 0.4) is 0 Å². The van der Waals surface area contributed by atoms with Gasteiger partial charge in [-0.15, -0.1) is 23.1 Å². The normalized spacial score (nSPS) is 12.6. The number of benzene rings is 1. The van der Waals surface area contributed by atoms with Crippen LogP contribution in [0.5, 0.6) is 0 Å². The van der Waals surface area contributed by atoms with Gasteiger partial charge < -0.3 is 5.73 Å². The lowest BCUT2D eigenvalue weighted by Gasteiger charge is -2.10. The van der Waals surface area contributed by atoms with Gasteiger partial charge in [0.2, 0.25) is 0 Å². The van der Waals surface area contributed by atoms with Gasteiger partial charge in [0.25, 0.3) is 0 Å². The van der Waals surface area contributed by atoms with Gasteiger partial charge in [-0.1, -0.05) is 13.0 Å². The molecular weight excluding hydrogens is 277 g/mol. The first kappa shape index (κ1) is 14.6. The summed E-state index contributed by atoms with van der Waals surface area (Å²) in [4.78, 5) is 3.68. The molecule has 0 saturated carbocycles. The fourth-order valence-corrected chi connectivity index (χ4v) is 3.75. The van der Waals surface area contributed by atoms with Crippen LogP contribution in [0.2, 0.25) is 0 Å². The van der Waals surface area contributed by atoms with E-state index in [-0.39, 0.29) is 11.9 Å². The van der Waals surface area contributed by atoms with Gasteiger partial charge in [0.05, 0.1) is 0 Å². The number of halogens is 1. The van der Waals surface area contributed by atoms with Gasteiger partial charge in [-0.25, -0.2) is 4.39 Å². The zero-order chi connectivity index (χ0) is 13.7. The second kappa shape index (κ2) is 7.08. The molecule has 0 aliphatic heterocycles. The molecule has 0 bridgehead atoms. The minimum atomic E-state index is -0.190. The van der Waals surface area contributed by atoms with E-state index in [0.29, 0.717) is 0 Å². The second-order valence-electron chi connectivity index (χ2n) is 4.45. The van der Waals surface area contributed by atoms with E-state index < -0.39 is 0 Å². The fraction of sp³-hybridized carbons (Fsp3) is 0.333. The highest BCUT2D eigenvalue weighted by molar-refractivity contribution is 7.99. The van der Waals surface area contributed by atoms with Gasteiger partial charge >= 0.3 is 0 Å². The van der Waals surface area contributed by atoms with Crippen LogP contribution in [-0.2, 0) is 12.8 Å². The summed E-state index contributed by atoms with van der Waals surface area (Å²) in [7, 11) is 0. The Morgan fingerprint density at radius 1 is 1.26 bits per heavy atom. The van der Waals surface area contributed by atoms with E-state index in [2.05, 4.69) is 19.1 Å². The van der Waals surface area contributed by atoms with E-state index in [1.165, 1.54) is 15.8 Å². The molecule has 0 fully saturated rings. The number of rotatable bonds is 6. The van der Waals surface area contributed by atoms with E-state index in [0.717, 1.165) is 23.5 Å². The summed E-state index contributed by atoms with van der Waals surface area (Å²) in [5.41, 5.74) is 6.13. The third-order valence-electron chi connectivity index (χ3n) is 2.79. The third kappa shape index (κ3) is 4.64. The van der Waals surface area contributed by atoms with E-state index in [1.807, 2.05) is 17.4 Å². The topological polar surface area (TPSA) is 26.0 Å². The molecule has 0 saturated heterocycles. The summed E-state index contributed by atoms with van der Waals surface area (Å²) in [6, 6.07) is 11.1. The number of nitrogens with two attached hydrogens (primary N) is 1. The summed E-state index contributed by atoms with van der Waals surface area (Å²) in [6.07, 6.45) is 1.98. The maximum atomic E-state index is 13.0. The minimum Gasteiger partial charge on any atom is -0.327 e. The Morgan fingerprint density at radius 2 is 2.05 bits per heavy atom. The molecule has 1 heterocycles. The predicted molar refractivity (Wildman–Crippen MR) is 82.5 cm³/mol. The minimum absolute atomic E-state index is 0.108. The zero-order valence-corrected chi connectivity index (χ0v) is 12.6. The summed E-state index contributed by atoms with van der Waals surface area (Å²) in [5, 5.41) is 0. The average molecular weight is 295 g/mol. The molecule has 19 heavy (non-hydrogen) atoms. The molecule has 4 heteroatoms. The van der Waals surface area contributed by atoms with Crippen molar-refractivity contribution in [2.24, 2.45) is 5.73 Å². The van der Waals surface area contributed by atoms with Crippen molar-refractivity contribution in [3.8, 4) is 0 Å². The molecule has 0 amide bonds. The van der Waals surface area contributed by atoms with E-state index in [1.54, 1.807) is 23.9 Å². The van der Waals surface area contributed by atoms with Gasteiger partial charge in [-0.2, -0.15) is 0 Å². The van der Waals surface area contributed by atoms with Crippen LogP contribution in [-0.4, -0.2) is 11.8 Å². The SMILES string of the molecule is CCc1ccc(CC(N)CSc2cccc(F)c2)s1. The lowest BCUT2D eigenvalue weighted by Crippen LogP contribution is -2.25. The lowest BCUT2D eigenvalue weighted by atomic mass is 10.2. The molecule has 1 atom stereocenters. The van der Waals surface area contributed by atoms with Crippen LogP contribution >= 0.6 is 23.1 Å². The molecule has 1 unspecified atom stereocenters. The summed E-state index contributed by atoms with van der Waals surface area (Å²) in [6.45, 7) is 2.16.